The maximum absolute atomic E-state index is 13.7. The van der Waals surface area contributed by atoms with Crippen molar-refractivity contribution in [2.24, 2.45) is 0 Å². The van der Waals surface area contributed by atoms with E-state index in [1.807, 2.05) is 5.32 Å². The summed E-state index contributed by atoms with van der Waals surface area (Å²) in [5, 5.41) is 8.91. The van der Waals surface area contributed by atoms with Gasteiger partial charge in [-0.05, 0) is 26.3 Å². The van der Waals surface area contributed by atoms with Crippen LogP contribution in [0.15, 0.2) is 24.3 Å². The SMILES string of the molecule is CNC(=O)C(F)(F)c1ccc(CC(=O)OC(C)(C)C)cc1.CO. The van der Waals surface area contributed by atoms with Gasteiger partial charge in [0.1, 0.15) is 5.60 Å². The summed E-state index contributed by atoms with van der Waals surface area (Å²) < 4.78 is 32.5. The molecule has 1 aromatic carbocycles. The minimum atomic E-state index is -3.60. The highest BCUT2D eigenvalue weighted by atomic mass is 19.3. The molecule has 0 aliphatic rings. The molecule has 23 heavy (non-hydrogen) atoms. The summed E-state index contributed by atoms with van der Waals surface area (Å²) in [6.07, 6.45) is -0.0108. The van der Waals surface area contributed by atoms with Crippen molar-refractivity contribution in [3.8, 4) is 0 Å². The Balaban J connectivity index is 0.00000232. The summed E-state index contributed by atoms with van der Waals surface area (Å²) in [4.78, 5) is 22.7. The lowest BCUT2D eigenvalue weighted by molar-refractivity contribution is -0.154. The van der Waals surface area contributed by atoms with Crippen LogP contribution in [0.2, 0.25) is 0 Å². The number of amides is 1. The minimum absolute atomic E-state index is 0.0108. The lowest BCUT2D eigenvalue weighted by atomic mass is 10.0. The third kappa shape index (κ3) is 6.73. The van der Waals surface area contributed by atoms with Crippen LogP contribution in [-0.4, -0.2) is 36.7 Å². The molecule has 0 atom stereocenters. The van der Waals surface area contributed by atoms with Gasteiger partial charge in [-0.3, -0.25) is 9.59 Å². The predicted octanol–water partition coefficient (Wildman–Crippen LogP) is 2.02. The molecule has 1 rings (SSSR count). The maximum Gasteiger partial charge on any atom is 0.349 e. The number of hydrogen-bond donors (Lipinski definition) is 2. The first-order chi connectivity index (χ1) is 10.6. The van der Waals surface area contributed by atoms with Crippen molar-refractivity contribution in [1.29, 1.82) is 0 Å². The second kappa shape index (κ2) is 8.57. The molecule has 130 valence electrons. The Kier molecular flexibility index (Phi) is 7.82. The first-order valence-electron chi connectivity index (χ1n) is 6.92. The zero-order valence-corrected chi connectivity index (χ0v) is 13.9. The molecule has 0 saturated carbocycles. The normalized spacial score (nSPS) is 11.1. The standard InChI is InChI=1S/C15H19F2NO3.CH4O/c1-14(2,3)21-12(19)9-10-5-7-11(8-6-10)15(16,17)13(20)18-4;1-2/h5-8H,9H2,1-4H3,(H,18,20);2H,1H3. The molecular formula is C16H23F2NO4. The third-order valence-corrected chi connectivity index (χ3v) is 2.60. The Bertz CT molecular complexity index is 522. The zero-order chi connectivity index (χ0) is 18.3. The number of benzene rings is 1. The van der Waals surface area contributed by atoms with Crippen molar-refractivity contribution in [3.05, 3.63) is 35.4 Å². The molecular weight excluding hydrogens is 308 g/mol. The van der Waals surface area contributed by atoms with E-state index in [0.717, 1.165) is 26.3 Å². The smallest absolute Gasteiger partial charge is 0.349 e. The number of halogens is 2. The van der Waals surface area contributed by atoms with E-state index in [2.05, 4.69) is 0 Å². The Hall–Kier alpha value is -2.02. The van der Waals surface area contributed by atoms with Crippen molar-refractivity contribution in [2.75, 3.05) is 14.2 Å². The summed E-state index contributed by atoms with van der Waals surface area (Å²) in [5.74, 6) is -5.41. The summed E-state index contributed by atoms with van der Waals surface area (Å²) in [7, 11) is 2.15. The quantitative estimate of drug-likeness (QED) is 0.828. The summed E-state index contributed by atoms with van der Waals surface area (Å²) in [5.41, 5.74) is -0.473. The summed E-state index contributed by atoms with van der Waals surface area (Å²) in [6.45, 7) is 5.24. The molecule has 0 unspecified atom stereocenters. The van der Waals surface area contributed by atoms with Crippen molar-refractivity contribution in [1.82, 2.24) is 5.32 Å². The highest BCUT2D eigenvalue weighted by Crippen LogP contribution is 2.28. The molecule has 0 spiro atoms. The van der Waals surface area contributed by atoms with Crippen LogP contribution in [0.5, 0.6) is 0 Å². The monoisotopic (exact) mass is 331 g/mol. The first-order valence-corrected chi connectivity index (χ1v) is 6.92. The fraction of sp³-hybridized carbons (Fsp3) is 0.500. The molecule has 0 aliphatic heterocycles. The molecule has 5 nitrogen and oxygen atoms in total. The molecule has 0 aromatic heterocycles. The van der Waals surface area contributed by atoms with Crippen molar-refractivity contribution >= 4 is 11.9 Å². The van der Waals surface area contributed by atoms with E-state index in [1.165, 1.54) is 12.1 Å². The molecule has 0 aliphatic carbocycles. The molecule has 0 fully saturated rings. The molecule has 2 N–H and O–H groups in total. The van der Waals surface area contributed by atoms with Crippen LogP contribution < -0.4 is 5.32 Å². The van der Waals surface area contributed by atoms with Gasteiger partial charge in [-0.2, -0.15) is 8.78 Å². The number of nitrogens with one attached hydrogen (secondary N) is 1. The lowest BCUT2D eigenvalue weighted by Gasteiger charge is -2.19. The average Bonchev–Trinajstić information content (AvgIpc) is 2.47. The van der Waals surface area contributed by atoms with E-state index in [1.54, 1.807) is 20.8 Å². The number of likely N-dealkylation sites (N-methyl/N-ethyl adjacent to an activating group) is 1. The Morgan fingerprint density at radius 3 is 2.00 bits per heavy atom. The van der Waals surface area contributed by atoms with Crippen molar-refractivity contribution in [3.63, 3.8) is 0 Å². The van der Waals surface area contributed by atoms with Gasteiger partial charge < -0.3 is 15.2 Å². The van der Waals surface area contributed by atoms with Gasteiger partial charge in [0.25, 0.3) is 5.91 Å². The van der Waals surface area contributed by atoms with E-state index in [-0.39, 0.29) is 6.42 Å². The zero-order valence-electron chi connectivity index (χ0n) is 13.9. The first kappa shape index (κ1) is 21.0. The van der Waals surface area contributed by atoms with E-state index in [0.29, 0.717) is 5.56 Å². The maximum atomic E-state index is 13.7. The van der Waals surface area contributed by atoms with Gasteiger partial charge in [-0.15, -0.1) is 0 Å². The molecule has 1 amide bonds. The summed E-state index contributed by atoms with van der Waals surface area (Å²) >= 11 is 0. The Labute approximate surface area is 134 Å². The summed E-state index contributed by atoms with van der Waals surface area (Å²) in [6, 6.07) is 5.04. The van der Waals surface area contributed by atoms with E-state index < -0.39 is 29.0 Å². The fourth-order valence-electron chi connectivity index (χ4n) is 1.66. The van der Waals surface area contributed by atoms with Gasteiger partial charge in [0.05, 0.1) is 6.42 Å². The van der Waals surface area contributed by atoms with Crippen LogP contribution in [0, 0.1) is 0 Å². The lowest BCUT2D eigenvalue weighted by Crippen LogP contribution is -2.35. The number of carbonyl (C=O) groups is 2. The second-order valence-corrected chi connectivity index (χ2v) is 5.61. The molecule has 0 heterocycles. The predicted molar refractivity (Wildman–Crippen MR) is 82.1 cm³/mol. The van der Waals surface area contributed by atoms with Gasteiger partial charge in [-0.1, -0.05) is 24.3 Å². The molecule has 7 heteroatoms. The van der Waals surface area contributed by atoms with Crippen LogP contribution in [0.3, 0.4) is 0 Å². The number of carbonyl (C=O) groups excluding carboxylic acids is 2. The molecule has 0 saturated heterocycles. The number of ether oxygens (including phenoxy) is 1. The number of esters is 1. The van der Waals surface area contributed by atoms with Gasteiger partial charge in [0.2, 0.25) is 0 Å². The molecule has 0 radical (unpaired) electrons. The minimum Gasteiger partial charge on any atom is -0.460 e. The van der Waals surface area contributed by atoms with E-state index in [4.69, 9.17) is 9.84 Å². The second-order valence-electron chi connectivity index (χ2n) is 5.61. The van der Waals surface area contributed by atoms with Crippen molar-refractivity contribution < 1.29 is 28.2 Å². The number of aliphatic hydroxyl groups is 1. The van der Waals surface area contributed by atoms with Crippen LogP contribution in [0.1, 0.15) is 31.9 Å². The fourth-order valence-corrected chi connectivity index (χ4v) is 1.66. The van der Waals surface area contributed by atoms with Gasteiger partial charge in [-0.25, -0.2) is 0 Å². The number of alkyl halides is 2. The highest BCUT2D eigenvalue weighted by molar-refractivity contribution is 5.84. The van der Waals surface area contributed by atoms with Crippen LogP contribution in [-0.2, 0) is 26.7 Å². The average molecular weight is 331 g/mol. The largest absolute Gasteiger partial charge is 0.460 e. The third-order valence-electron chi connectivity index (χ3n) is 2.60. The van der Waals surface area contributed by atoms with Gasteiger partial charge in [0.15, 0.2) is 0 Å². The van der Waals surface area contributed by atoms with Crippen molar-refractivity contribution in [2.45, 2.75) is 38.7 Å². The van der Waals surface area contributed by atoms with Gasteiger partial charge >= 0.3 is 11.9 Å². The van der Waals surface area contributed by atoms with Crippen LogP contribution in [0.4, 0.5) is 8.78 Å². The number of aliphatic hydroxyl groups excluding tert-OH is 1. The Morgan fingerprint density at radius 1 is 1.13 bits per heavy atom. The molecule has 1 aromatic rings. The Morgan fingerprint density at radius 2 is 1.61 bits per heavy atom. The highest BCUT2D eigenvalue weighted by Gasteiger charge is 2.39. The number of rotatable bonds is 4. The topological polar surface area (TPSA) is 75.6 Å². The van der Waals surface area contributed by atoms with Crippen LogP contribution >= 0.6 is 0 Å². The number of hydrogen-bond acceptors (Lipinski definition) is 4. The van der Waals surface area contributed by atoms with Crippen LogP contribution in [0.25, 0.3) is 0 Å². The van der Waals surface area contributed by atoms with E-state index in [9.17, 15) is 18.4 Å². The van der Waals surface area contributed by atoms with Gasteiger partial charge in [0, 0.05) is 19.7 Å². The molecule has 0 bridgehead atoms. The van der Waals surface area contributed by atoms with E-state index >= 15 is 0 Å².